The topological polar surface area (TPSA) is 60.7 Å². The van der Waals surface area contributed by atoms with E-state index in [1.54, 1.807) is 14.2 Å². The summed E-state index contributed by atoms with van der Waals surface area (Å²) < 4.78 is 16.7. The van der Waals surface area contributed by atoms with Gasteiger partial charge in [-0.15, -0.1) is 0 Å². The number of aryl methyl sites for hydroxylation is 1. The number of amides is 1. The number of furan rings is 1. The minimum atomic E-state index is -0.228. The van der Waals surface area contributed by atoms with Gasteiger partial charge >= 0.3 is 0 Å². The number of hydrogen-bond acceptors (Lipinski definition) is 4. The Hall–Kier alpha value is -3.73. The molecule has 1 N–H and O–H groups in total. The van der Waals surface area contributed by atoms with Crippen LogP contribution in [0.1, 0.15) is 22.8 Å². The van der Waals surface area contributed by atoms with Crippen LogP contribution in [0.4, 0.5) is 5.69 Å². The van der Waals surface area contributed by atoms with Gasteiger partial charge in [0, 0.05) is 16.6 Å². The Labute approximate surface area is 175 Å². The Kier molecular flexibility index (Phi) is 5.44. The number of para-hydroxylation sites is 1. The molecule has 5 heteroatoms. The van der Waals surface area contributed by atoms with Gasteiger partial charge in [0.1, 0.15) is 22.8 Å². The first-order chi connectivity index (χ1) is 14.6. The van der Waals surface area contributed by atoms with E-state index in [0.717, 1.165) is 29.0 Å². The largest absolute Gasteiger partial charge is 0.497 e. The fraction of sp³-hybridized carbons (Fsp3) is 0.160. The van der Waals surface area contributed by atoms with Gasteiger partial charge in [-0.1, -0.05) is 25.1 Å². The fourth-order valence-corrected chi connectivity index (χ4v) is 3.51. The number of rotatable bonds is 6. The molecule has 3 aromatic carbocycles. The monoisotopic (exact) mass is 401 g/mol. The van der Waals surface area contributed by atoms with Crippen LogP contribution in [0.15, 0.2) is 71.1 Å². The Morgan fingerprint density at radius 3 is 2.33 bits per heavy atom. The van der Waals surface area contributed by atoms with Crippen LogP contribution in [-0.2, 0) is 6.42 Å². The molecule has 1 amide bonds. The molecule has 0 aliphatic rings. The lowest BCUT2D eigenvalue weighted by Crippen LogP contribution is -2.13. The molecule has 4 aromatic rings. The van der Waals surface area contributed by atoms with Crippen LogP contribution < -0.4 is 14.8 Å². The standard InChI is InChI=1S/C25H23NO4/c1-4-16-7-5-6-8-21(16)26-25(27)23-20-15-19(29-3)13-14-22(20)30-24(23)17-9-11-18(28-2)12-10-17/h5-15H,4H2,1-3H3,(H,26,27). The fourth-order valence-electron chi connectivity index (χ4n) is 3.51. The Balaban J connectivity index is 1.85. The summed E-state index contributed by atoms with van der Waals surface area (Å²) in [5.41, 5.74) is 3.75. The second-order valence-electron chi connectivity index (χ2n) is 6.86. The molecule has 4 rings (SSSR count). The van der Waals surface area contributed by atoms with Gasteiger partial charge in [0.25, 0.3) is 5.91 Å². The number of ether oxygens (including phenoxy) is 2. The maximum atomic E-state index is 13.4. The van der Waals surface area contributed by atoms with E-state index < -0.39 is 0 Å². The summed E-state index contributed by atoms with van der Waals surface area (Å²) in [5.74, 6) is 1.67. The van der Waals surface area contributed by atoms with E-state index in [-0.39, 0.29) is 5.91 Å². The third kappa shape index (κ3) is 3.62. The van der Waals surface area contributed by atoms with Crippen molar-refractivity contribution in [1.29, 1.82) is 0 Å². The molecule has 30 heavy (non-hydrogen) atoms. The van der Waals surface area contributed by atoms with Crippen LogP contribution in [0, 0.1) is 0 Å². The Bertz CT molecular complexity index is 1190. The summed E-state index contributed by atoms with van der Waals surface area (Å²) in [6.07, 6.45) is 0.821. The maximum absolute atomic E-state index is 13.4. The predicted octanol–water partition coefficient (Wildman–Crippen LogP) is 5.93. The smallest absolute Gasteiger partial charge is 0.260 e. The van der Waals surface area contributed by atoms with Crippen molar-refractivity contribution >= 4 is 22.6 Å². The third-order valence-electron chi connectivity index (χ3n) is 5.12. The number of nitrogens with one attached hydrogen (secondary N) is 1. The molecular weight excluding hydrogens is 378 g/mol. The summed E-state index contributed by atoms with van der Waals surface area (Å²) in [6.45, 7) is 2.06. The minimum Gasteiger partial charge on any atom is -0.497 e. The maximum Gasteiger partial charge on any atom is 0.260 e. The molecule has 0 spiro atoms. The molecule has 0 aliphatic heterocycles. The molecule has 0 fully saturated rings. The first-order valence-corrected chi connectivity index (χ1v) is 9.78. The lowest BCUT2D eigenvalue weighted by molar-refractivity contribution is 0.102. The van der Waals surface area contributed by atoms with E-state index in [2.05, 4.69) is 12.2 Å². The van der Waals surface area contributed by atoms with Gasteiger partial charge in [-0.25, -0.2) is 0 Å². The molecule has 0 unspecified atom stereocenters. The average molecular weight is 401 g/mol. The van der Waals surface area contributed by atoms with Gasteiger partial charge < -0.3 is 19.2 Å². The van der Waals surface area contributed by atoms with Gasteiger partial charge in [-0.05, 0) is 60.5 Å². The first-order valence-electron chi connectivity index (χ1n) is 9.78. The number of carbonyl (C=O) groups excluding carboxylic acids is 1. The molecular formula is C25H23NO4. The Morgan fingerprint density at radius 1 is 0.933 bits per heavy atom. The quantitative estimate of drug-likeness (QED) is 0.435. The van der Waals surface area contributed by atoms with Crippen LogP contribution in [0.2, 0.25) is 0 Å². The van der Waals surface area contributed by atoms with E-state index in [1.807, 2.05) is 66.7 Å². The zero-order chi connectivity index (χ0) is 21.1. The van der Waals surface area contributed by atoms with E-state index in [9.17, 15) is 4.79 Å². The molecule has 0 saturated heterocycles. The Morgan fingerprint density at radius 2 is 1.63 bits per heavy atom. The summed E-state index contributed by atoms with van der Waals surface area (Å²) in [4.78, 5) is 13.4. The lowest BCUT2D eigenvalue weighted by Gasteiger charge is -2.10. The minimum absolute atomic E-state index is 0.228. The third-order valence-corrected chi connectivity index (χ3v) is 5.12. The molecule has 1 aromatic heterocycles. The lowest BCUT2D eigenvalue weighted by atomic mass is 10.0. The SMILES string of the molecule is CCc1ccccc1NC(=O)c1c(-c2ccc(OC)cc2)oc2ccc(OC)cc12. The second kappa shape index (κ2) is 8.33. The number of carbonyl (C=O) groups is 1. The highest BCUT2D eigenvalue weighted by Crippen LogP contribution is 2.36. The van der Waals surface area contributed by atoms with Gasteiger partial charge in [0.2, 0.25) is 0 Å². The molecule has 0 aliphatic carbocycles. The van der Waals surface area contributed by atoms with E-state index in [4.69, 9.17) is 13.9 Å². The van der Waals surface area contributed by atoms with Gasteiger partial charge in [0.15, 0.2) is 0 Å². The van der Waals surface area contributed by atoms with Crippen LogP contribution in [0.5, 0.6) is 11.5 Å². The summed E-state index contributed by atoms with van der Waals surface area (Å²) >= 11 is 0. The van der Waals surface area contributed by atoms with E-state index in [1.165, 1.54) is 0 Å². The molecule has 152 valence electrons. The number of methoxy groups -OCH3 is 2. The summed E-state index contributed by atoms with van der Waals surface area (Å²) in [5, 5.41) is 3.76. The normalized spacial score (nSPS) is 10.8. The van der Waals surface area contributed by atoms with Crippen LogP contribution in [0.25, 0.3) is 22.3 Å². The van der Waals surface area contributed by atoms with Crippen molar-refractivity contribution in [3.63, 3.8) is 0 Å². The highest BCUT2D eigenvalue weighted by molar-refractivity contribution is 6.16. The van der Waals surface area contributed by atoms with Crippen LogP contribution in [0.3, 0.4) is 0 Å². The predicted molar refractivity (Wildman–Crippen MR) is 119 cm³/mol. The zero-order valence-electron chi connectivity index (χ0n) is 17.2. The number of hydrogen-bond donors (Lipinski definition) is 1. The van der Waals surface area contributed by atoms with Crippen molar-refractivity contribution < 1.29 is 18.7 Å². The molecule has 5 nitrogen and oxygen atoms in total. The van der Waals surface area contributed by atoms with Gasteiger partial charge in [-0.3, -0.25) is 4.79 Å². The number of benzene rings is 3. The highest BCUT2D eigenvalue weighted by atomic mass is 16.5. The zero-order valence-corrected chi connectivity index (χ0v) is 17.2. The molecule has 1 heterocycles. The average Bonchev–Trinajstić information content (AvgIpc) is 3.18. The second-order valence-corrected chi connectivity index (χ2v) is 6.86. The van der Waals surface area contributed by atoms with Crippen molar-refractivity contribution in [2.75, 3.05) is 19.5 Å². The van der Waals surface area contributed by atoms with Crippen molar-refractivity contribution in [3.8, 4) is 22.8 Å². The molecule has 0 radical (unpaired) electrons. The molecule has 0 bridgehead atoms. The molecule has 0 saturated carbocycles. The van der Waals surface area contributed by atoms with Gasteiger partial charge in [0.05, 0.1) is 19.8 Å². The molecule has 0 atom stereocenters. The summed E-state index contributed by atoms with van der Waals surface area (Å²) in [6, 6.07) is 20.7. The highest BCUT2D eigenvalue weighted by Gasteiger charge is 2.23. The van der Waals surface area contributed by atoms with Crippen molar-refractivity contribution in [2.24, 2.45) is 0 Å². The van der Waals surface area contributed by atoms with Crippen LogP contribution in [-0.4, -0.2) is 20.1 Å². The van der Waals surface area contributed by atoms with Crippen molar-refractivity contribution in [1.82, 2.24) is 0 Å². The van der Waals surface area contributed by atoms with Crippen molar-refractivity contribution in [3.05, 3.63) is 77.9 Å². The number of fused-ring (bicyclic) bond motifs is 1. The van der Waals surface area contributed by atoms with E-state index >= 15 is 0 Å². The van der Waals surface area contributed by atoms with Crippen molar-refractivity contribution in [2.45, 2.75) is 13.3 Å². The summed E-state index contributed by atoms with van der Waals surface area (Å²) in [7, 11) is 3.22. The van der Waals surface area contributed by atoms with Gasteiger partial charge in [-0.2, -0.15) is 0 Å². The van der Waals surface area contributed by atoms with E-state index in [0.29, 0.717) is 28.0 Å². The van der Waals surface area contributed by atoms with Crippen LogP contribution >= 0.6 is 0 Å². The number of anilines is 1. The first kappa shape index (κ1) is 19.6.